The number of fused-ring (bicyclic) bond motifs is 1. The van der Waals surface area contributed by atoms with Crippen molar-refractivity contribution < 1.29 is 0 Å². The van der Waals surface area contributed by atoms with Crippen molar-refractivity contribution in [1.29, 1.82) is 0 Å². The number of thiophene rings is 1. The molecular weight excluding hydrogens is 404 g/mol. The minimum atomic E-state index is -0.0986. The number of hydrogen-bond acceptors (Lipinski definition) is 6. The largest absolute Gasteiger partial charge is 0.356 e. The number of anilines is 1. The van der Waals surface area contributed by atoms with Crippen LogP contribution in [0.15, 0.2) is 42.7 Å². The third-order valence-corrected chi connectivity index (χ3v) is 7.27. The molecule has 1 aliphatic rings. The van der Waals surface area contributed by atoms with Crippen LogP contribution < -0.4 is 5.32 Å². The predicted molar refractivity (Wildman–Crippen MR) is 127 cm³/mol. The van der Waals surface area contributed by atoms with E-state index in [1.54, 1.807) is 11.3 Å². The molecular formula is C24H28N6S. The Bertz CT molecular complexity index is 1190. The Morgan fingerprint density at radius 1 is 1.10 bits per heavy atom. The molecule has 1 aromatic carbocycles. The highest BCUT2D eigenvalue weighted by Gasteiger charge is 2.23. The molecule has 0 unspecified atom stereocenters. The lowest BCUT2D eigenvalue weighted by atomic mass is 10.1. The fourth-order valence-electron chi connectivity index (χ4n) is 4.34. The van der Waals surface area contributed by atoms with Gasteiger partial charge in [-0.2, -0.15) is 0 Å². The Hall–Kier alpha value is -2.77. The molecule has 5 rings (SSSR count). The maximum Gasteiger partial charge on any atom is 0.146 e. The second kappa shape index (κ2) is 8.40. The van der Waals surface area contributed by atoms with Gasteiger partial charge >= 0.3 is 0 Å². The summed E-state index contributed by atoms with van der Waals surface area (Å²) < 4.78 is 2.07. The van der Waals surface area contributed by atoms with Crippen LogP contribution in [0.1, 0.15) is 46.5 Å². The summed E-state index contributed by atoms with van der Waals surface area (Å²) in [7, 11) is 2.04. The molecule has 0 spiro atoms. The molecule has 7 heteroatoms. The Morgan fingerprint density at radius 2 is 1.87 bits per heavy atom. The number of nitrogens with zero attached hydrogens (tertiary/aromatic N) is 5. The van der Waals surface area contributed by atoms with Gasteiger partial charge in [0.1, 0.15) is 28.3 Å². The highest BCUT2D eigenvalue weighted by molar-refractivity contribution is 7.18. The summed E-state index contributed by atoms with van der Waals surface area (Å²) in [5, 5.41) is 4.88. The van der Waals surface area contributed by atoms with Gasteiger partial charge in [-0.05, 0) is 50.9 Å². The van der Waals surface area contributed by atoms with E-state index in [1.165, 1.54) is 23.3 Å². The summed E-state index contributed by atoms with van der Waals surface area (Å²) in [5.41, 5.74) is 2.41. The maximum atomic E-state index is 5.05. The molecule has 4 heterocycles. The third kappa shape index (κ3) is 3.95. The molecule has 0 radical (unpaired) electrons. The van der Waals surface area contributed by atoms with Crippen LogP contribution in [0, 0.1) is 13.8 Å². The summed E-state index contributed by atoms with van der Waals surface area (Å²) in [6.45, 7) is 7.40. The van der Waals surface area contributed by atoms with Crippen LogP contribution in [-0.2, 0) is 13.6 Å². The van der Waals surface area contributed by atoms with Crippen LogP contribution in [0.25, 0.3) is 10.2 Å². The number of benzene rings is 1. The van der Waals surface area contributed by atoms with Crippen LogP contribution >= 0.6 is 11.3 Å². The SMILES string of the molecule is Cc1sc2nc(CN3CCCC3)nc(N[C@H](c3ccccc3)c3nccn3C)c2c1C. The van der Waals surface area contributed by atoms with Crippen molar-refractivity contribution in [3.05, 3.63) is 70.4 Å². The minimum Gasteiger partial charge on any atom is -0.356 e. The monoisotopic (exact) mass is 432 g/mol. The first-order valence-corrected chi connectivity index (χ1v) is 11.7. The van der Waals surface area contributed by atoms with Crippen LogP contribution in [0.3, 0.4) is 0 Å². The Morgan fingerprint density at radius 3 is 2.58 bits per heavy atom. The molecule has 4 aromatic rings. The average Bonchev–Trinajstić information content (AvgIpc) is 3.49. The molecule has 1 N–H and O–H groups in total. The highest BCUT2D eigenvalue weighted by atomic mass is 32.1. The average molecular weight is 433 g/mol. The number of rotatable bonds is 6. The molecule has 1 atom stereocenters. The first-order chi connectivity index (χ1) is 15.1. The number of likely N-dealkylation sites (tertiary alicyclic amines) is 1. The van der Waals surface area contributed by atoms with E-state index in [1.807, 2.05) is 25.5 Å². The van der Waals surface area contributed by atoms with Gasteiger partial charge in [-0.3, -0.25) is 4.90 Å². The van der Waals surface area contributed by atoms with Gasteiger partial charge in [0.05, 0.1) is 11.9 Å². The summed E-state index contributed by atoms with van der Waals surface area (Å²) >= 11 is 1.76. The Kier molecular flexibility index (Phi) is 5.46. The third-order valence-electron chi connectivity index (χ3n) is 6.17. The van der Waals surface area contributed by atoms with Gasteiger partial charge in [-0.1, -0.05) is 30.3 Å². The maximum absolute atomic E-state index is 5.05. The molecule has 0 saturated carbocycles. The first-order valence-electron chi connectivity index (χ1n) is 10.9. The molecule has 3 aromatic heterocycles. The van der Waals surface area contributed by atoms with Crippen molar-refractivity contribution in [3.8, 4) is 0 Å². The van der Waals surface area contributed by atoms with Crippen molar-refractivity contribution in [3.63, 3.8) is 0 Å². The molecule has 0 aliphatic carbocycles. The first kappa shape index (κ1) is 20.2. The molecule has 31 heavy (non-hydrogen) atoms. The van der Waals surface area contributed by atoms with E-state index in [4.69, 9.17) is 9.97 Å². The summed E-state index contributed by atoms with van der Waals surface area (Å²) in [5.74, 6) is 2.76. The predicted octanol–water partition coefficient (Wildman–Crippen LogP) is 4.84. The molecule has 0 bridgehead atoms. The van der Waals surface area contributed by atoms with Gasteiger partial charge in [0.25, 0.3) is 0 Å². The normalized spacial score (nSPS) is 15.6. The van der Waals surface area contributed by atoms with Crippen molar-refractivity contribution in [2.24, 2.45) is 7.05 Å². The van der Waals surface area contributed by atoms with Crippen LogP contribution in [0.5, 0.6) is 0 Å². The Labute approximate surface area is 187 Å². The molecule has 1 aliphatic heterocycles. The Balaban J connectivity index is 1.60. The summed E-state index contributed by atoms with van der Waals surface area (Å²) in [6, 6.07) is 10.4. The van der Waals surface area contributed by atoms with Crippen molar-refractivity contribution in [2.75, 3.05) is 18.4 Å². The van der Waals surface area contributed by atoms with E-state index >= 15 is 0 Å². The van der Waals surface area contributed by atoms with E-state index in [-0.39, 0.29) is 6.04 Å². The minimum absolute atomic E-state index is 0.0986. The summed E-state index contributed by atoms with van der Waals surface area (Å²) in [6.07, 6.45) is 6.36. The van der Waals surface area contributed by atoms with Crippen LogP contribution in [-0.4, -0.2) is 37.5 Å². The van der Waals surface area contributed by atoms with Crippen molar-refractivity contribution >= 4 is 27.4 Å². The second-order valence-corrected chi connectivity index (χ2v) is 9.52. The van der Waals surface area contributed by atoms with E-state index in [0.29, 0.717) is 0 Å². The molecule has 0 amide bonds. The van der Waals surface area contributed by atoms with Gasteiger partial charge in [-0.25, -0.2) is 15.0 Å². The van der Waals surface area contributed by atoms with E-state index in [9.17, 15) is 0 Å². The lowest BCUT2D eigenvalue weighted by molar-refractivity contribution is 0.323. The summed E-state index contributed by atoms with van der Waals surface area (Å²) in [4.78, 5) is 19.5. The topological polar surface area (TPSA) is 58.9 Å². The zero-order valence-electron chi connectivity index (χ0n) is 18.3. The second-order valence-electron chi connectivity index (χ2n) is 8.32. The fraction of sp³-hybridized carbons (Fsp3) is 0.375. The van der Waals surface area contributed by atoms with Gasteiger partial charge in [-0.15, -0.1) is 11.3 Å². The molecule has 6 nitrogen and oxygen atoms in total. The molecule has 1 fully saturated rings. The van der Waals surface area contributed by atoms with Crippen molar-refractivity contribution in [1.82, 2.24) is 24.4 Å². The van der Waals surface area contributed by atoms with Crippen LogP contribution in [0.2, 0.25) is 0 Å². The van der Waals surface area contributed by atoms with E-state index in [2.05, 4.69) is 57.9 Å². The number of hydrogen-bond donors (Lipinski definition) is 1. The molecule has 1 saturated heterocycles. The standard InChI is InChI=1S/C24H28N6S/c1-16-17(2)31-24-20(16)22(26-19(27-24)15-30-12-7-8-13-30)28-21(18-9-5-4-6-10-18)23-25-11-14-29(23)3/h4-6,9-11,14,21H,7-8,12-13,15H2,1-3H3,(H,26,27,28)/t21-/m1/s1. The smallest absolute Gasteiger partial charge is 0.146 e. The lowest BCUT2D eigenvalue weighted by Gasteiger charge is -2.21. The highest BCUT2D eigenvalue weighted by Crippen LogP contribution is 2.36. The van der Waals surface area contributed by atoms with Gasteiger partial charge in [0.2, 0.25) is 0 Å². The lowest BCUT2D eigenvalue weighted by Crippen LogP contribution is -2.21. The van der Waals surface area contributed by atoms with Crippen molar-refractivity contribution in [2.45, 2.75) is 39.3 Å². The fourth-order valence-corrected chi connectivity index (χ4v) is 5.39. The number of nitrogens with one attached hydrogen (secondary N) is 1. The molecule has 160 valence electrons. The number of aryl methyl sites for hydroxylation is 3. The van der Waals surface area contributed by atoms with Crippen LogP contribution in [0.4, 0.5) is 5.82 Å². The van der Waals surface area contributed by atoms with E-state index < -0.39 is 0 Å². The number of aromatic nitrogens is 4. The van der Waals surface area contributed by atoms with E-state index in [0.717, 1.165) is 52.9 Å². The van der Waals surface area contributed by atoms with Gasteiger partial charge in [0.15, 0.2) is 0 Å². The quantitative estimate of drug-likeness (QED) is 0.472. The zero-order chi connectivity index (χ0) is 21.4. The zero-order valence-corrected chi connectivity index (χ0v) is 19.1. The number of imidazole rings is 1. The van der Waals surface area contributed by atoms with Gasteiger partial charge in [0, 0.05) is 24.3 Å². The van der Waals surface area contributed by atoms with Gasteiger partial charge < -0.3 is 9.88 Å².